The molecule has 22 heavy (non-hydrogen) atoms. The van der Waals surface area contributed by atoms with E-state index < -0.39 is 0 Å². The lowest BCUT2D eigenvalue weighted by molar-refractivity contribution is -0.142. The maximum atomic E-state index is 12.4. The summed E-state index contributed by atoms with van der Waals surface area (Å²) in [6.07, 6.45) is 4.84. The molecule has 5 heteroatoms. The molecule has 0 radical (unpaired) electrons. The number of hydrogen-bond donors (Lipinski definition) is 2. The van der Waals surface area contributed by atoms with Crippen molar-refractivity contribution < 1.29 is 9.59 Å². The number of rotatable bonds is 6. The number of hydrogen-bond acceptors (Lipinski definition) is 3. The molecule has 128 valence electrons. The lowest BCUT2D eigenvalue weighted by atomic mass is 9.90. The number of carbonyl (C=O) groups is 2. The zero-order valence-electron chi connectivity index (χ0n) is 14.7. The number of nitrogens with two attached hydrogens (primary N) is 1. The van der Waals surface area contributed by atoms with Gasteiger partial charge < -0.3 is 16.0 Å². The Hall–Kier alpha value is -1.10. The summed E-state index contributed by atoms with van der Waals surface area (Å²) in [7, 11) is 0. The van der Waals surface area contributed by atoms with Crippen LogP contribution >= 0.6 is 0 Å². The van der Waals surface area contributed by atoms with E-state index in [-0.39, 0.29) is 29.2 Å². The standard InChI is InChI=1S/C17H33N3O2/c1-5-6-9-14(11-18)19-15(21)13-8-7-10-20(12-13)16(22)17(2,3)4/h13-14H,5-12,18H2,1-4H3,(H,19,21). The second-order valence-corrected chi connectivity index (χ2v) is 7.42. The molecule has 0 saturated carbocycles. The van der Waals surface area contributed by atoms with Crippen LogP contribution in [-0.4, -0.2) is 42.4 Å². The number of unbranched alkanes of at least 4 members (excludes halogenated alkanes) is 1. The van der Waals surface area contributed by atoms with E-state index in [1.54, 1.807) is 0 Å². The SMILES string of the molecule is CCCCC(CN)NC(=O)C1CCCN(C(=O)C(C)(C)C)C1. The number of amides is 2. The molecular formula is C17H33N3O2. The van der Waals surface area contributed by atoms with Crippen LogP contribution in [-0.2, 0) is 9.59 Å². The van der Waals surface area contributed by atoms with Crippen molar-refractivity contribution in [2.45, 2.75) is 65.8 Å². The van der Waals surface area contributed by atoms with Crippen molar-refractivity contribution in [3.05, 3.63) is 0 Å². The largest absolute Gasteiger partial charge is 0.352 e. The van der Waals surface area contributed by atoms with Crippen LogP contribution in [0, 0.1) is 11.3 Å². The van der Waals surface area contributed by atoms with Gasteiger partial charge in [0.05, 0.1) is 5.92 Å². The fourth-order valence-electron chi connectivity index (χ4n) is 2.87. The maximum absolute atomic E-state index is 12.4. The van der Waals surface area contributed by atoms with E-state index in [2.05, 4.69) is 12.2 Å². The molecule has 1 saturated heterocycles. The molecule has 0 aromatic heterocycles. The van der Waals surface area contributed by atoms with Crippen molar-refractivity contribution >= 4 is 11.8 Å². The topological polar surface area (TPSA) is 75.4 Å². The second-order valence-electron chi connectivity index (χ2n) is 7.42. The molecule has 2 atom stereocenters. The average Bonchev–Trinajstić information content (AvgIpc) is 2.49. The summed E-state index contributed by atoms with van der Waals surface area (Å²) in [6, 6.07) is 0.0566. The summed E-state index contributed by atoms with van der Waals surface area (Å²) in [5.41, 5.74) is 5.36. The van der Waals surface area contributed by atoms with Gasteiger partial charge in [-0.25, -0.2) is 0 Å². The first-order valence-corrected chi connectivity index (χ1v) is 8.59. The summed E-state index contributed by atoms with van der Waals surface area (Å²) >= 11 is 0. The van der Waals surface area contributed by atoms with E-state index in [9.17, 15) is 9.59 Å². The van der Waals surface area contributed by atoms with Gasteiger partial charge in [0.2, 0.25) is 11.8 Å². The molecule has 0 aromatic carbocycles. The molecule has 2 amide bonds. The highest BCUT2D eigenvalue weighted by atomic mass is 16.2. The highest BCUT2D eigenvalue weighted by Gasteiger charge is 2.33. The fourth-order valence-corrected chi connectivity index (χ4v) is 2.87. The minimum Gasteiger partial charge on any atom is -0.352 e. The molecule has 1 fully saturated rings. The van der Waals surface area contributed by atoms with E-state index in [1.807, 2.05) is 25.7 Å². The van der Waals surface area contributed by atoms with Crippen LogP contribution in [0.4, 0.5) is 0 Å². The average molecular weight is 311 g/mol. The molecule has 1 aliphatic heterocycles. The Morgan fingerprint density at radius 2 is 2.05 bits per heavy atom. The van der Waals surface area contributed by atoms with Gasteiger partial charge >= 0.3 is 0 Å². The van der Waals surface area contributed by atoms with Gasteiger partial charge in [-0.1, -0.05) is 40.5 Å². The zero-order valence-corrected chi connectivity index (χ0v) is 14.7. The molecule has 3 N–H and O–H groups in total. The minimum absolute atomic E-state index is 0.0537. The smallest absolute Gasteiger partial charge is 0.227 e. The van der Waals surface area contributed by atoms with Gasteiger partial charge in [-0.05, 0) is 19.3 Å². The van der Waals surface area contributed by atoms with Gasteiger partial charge in [-0.15, -0.1) is 0 Å². The lowest BCUT2D eigenvalue weighted by Gasteiger charge is -2.36. The van der Waals surface area contributed by atoms with Crippen LogP contribution in [0.25, 0.3) is 0 Å². The molecule has 0 spiro atoms. The van der Waals surface area contributed by atoms with E-state index >= 15 is 0 Å². The summed E-state index contributed by atoms with van der Waals surface area (Å²) < 4.78 is 0. The van der Waals surface area contributed by atoms with Gasteiger partial charge in [-0.2, -0.15) is 0 Å². The molecule has 1 heterocycles. The van der Waals surface area contributed by atoms with Gasteiger partial charge in [0.15, 0.2) is 0 Å². The molecule has 0 aromatic rings. The summed E-state index contributed by atoms with van der Waals surface area (Å²) in [5.74, 6) is 0.0834. The number of likely N-dealkylation sites (tertiary alicyclic amines) is 1. The second kappa shape index (κ2) is 8.51. The highest BCUT2D eigenvalue weighted by molar-refractivity contribution is 5.84. The van der Waals surface area contributed by atoms with E-state index in [0.29, 0.717) is 13.1 Å². The molecule has 2 unspecified atom stereocenters. The number of carbonyl (C=O) groups excluding carboxylic acids is 2. The van der Waals surface area contributed by atoms with Crippen LogP contribution in [0.1, 0.15) is 59.8 Å². The van der Waals surface area contributed by atoms with Crippen LogP contribution in [0.15, 0.2) is 0 Å². The first-order chi connectivity index (χ1) is 10.3. The van der Waals surface area contributed by atoms with Gasteiger partial charge in [0.25, 0.3) is 0 Å². The predicted molar refractivity (Wildman–Crippen MR) is 89.3 cm³/mol. The van der Waals surface area contributed by atoms with E-state index in [4.69, 9.17) is 5.73 Å². The third-order valence-corrected chi connectivity index (χ3v) is 4.26. The summed E-state index contributed by atoms with van der Waals surface area (Å²) in [4.78, 5) is 26.7. The molecule has 1 aliphatic rings. The maximum Gasteiger partial charge on any atom is 0.227 e. The van der Waals surface area contributed by atoms with Crippen LogP contribution in [0.3, 0.4) is 0 Å². The van der Waals surface area contributed by atoms with Crippen molar-refractivity contribution in [2.24, 2.45) is 17.1 Å². The quantitative estimate of drug-likeness (QED) is 0.787. The first kappa shape index (κ1) is 18.9. The summed E-state index contributed by atoms with van der Waals surface area (Å²) in [6.45, 7) is 9.68. The van der Waals surface area contributed by atoms with Crippen molar-refractivity contribution in [1.29, 1.82) is 0 Å². The Bertz CT molecular complexity index is 377. The van der Waals surface area contributed by atoms with Gasteiger partial charge in [0.1, 0.15) is 0 Å². The van der Waals surface area contributed by atoms with E-state index in [0.717, 1.165) is 38.6 Å². The Morgan fingerprint density at radius 3 is 2.59 bits per heavy atom. The Morgan fingerprint density at radius 1 is 1.36 bits per heavy atom. The summed E-state index contributed by atoms with van der Waals surface area (Å²) in [5, 5.41) is 3.07. The normalized spacial score (nSPS) is 20.6. The van der Waals surface area contributed by atoms with Crippen LogP contribution in [0.2, 0.25) is 0 Å². The Kier molecular flexibility index (Phi) is 7.33. The van der Waals surface area contributed by atoms with E-state index in [1.165, 1.54) is 0 Å². The lowest BCUT2D eigenvalue weighted by Crippen LogP contribution is -2.51. The molecular weight excluding hydrogens is 278 g/mol. The molecule has 0 bridgehead atoms. The molecule has 5 nitrogen and oxygen atoms in total. The number of nitrogens with zero attached hydrogens (tertiary/aromatic N) is 1. The number of piperidine rings is 1. The first-order valence-electron chi connectivity index (χ1n) is 8.59. The van der Waals surface area contributed by atoms with Crippen molar-refractivity contribution in [1.82, 2.24) is 10.2 Å². The van der Waals surface area contributed by atoms with Crippen molar-refractivity contribution in [2.75, 3.05) is 19.6 Å². The molecule has 0 aliphatic carbocycles. The third kappa shape index (κ3) is 5.59. The molecule has 1 rings (SSSR count). The monoisotopic (exact) mass is 311 g/mol. The van der Waals surface area contributed by atoms with Crippen LogP contribution in [0.5, 0.6) is 0 Å². The minimum atomic E-state index is -0.390. The fraction of sp³-hybridized carbons (Fsp3) is 0.882. The predicted octanol–water partition coefficient (Wildman–Crippen LogP) is 1.90. The van der Waals surface area contributed by atoms with Gasteiger partial charge in [0, 0.05) is 31.1 Å². The third-order valence-electron chi connectivity index (χ3n) is 4.26. The Labute approximate surface area is 135 Å². The highest BCUT2D eigenvalue weighted by Crippen LogP contribution is 2.23. The van der Waals surface area contributed by atoms with Gasteiger partial charge in [-0.3, -0.25) is 9.59 Å². The van der Waals surface area contributed by atoms with Crippen molar-refractivity contribution in [3.8, 4) is 0 Å². The van der Waals surface area contributed by atoms with Crippen molar-refractivity contribution in [3.63, 3.8) is 0 Å². The number of nitrogens with one attached hydrogen (secondary N) is 1. The van der Waals surface area contributed by atoms with Crippen LogP contribution < -0.4 is 11.1 Å². The Balaban J connectivity index is 2.57. The zero-order chi connectivity index (χ0) is 16.8.